The van der Waals surface area contributed by atoms with Gasteiger partial charge in [-0.3, -0.25) is 4.57 Å². The number of hydrogen-bond acceptors (Lipinski definition) is 3. The van der Waals surface area contributed by atoms with Gasteiger partial charge in [0.15, 0.2) is 7.14 Å². The Labute approximate surface area is 306 Å². The van der Waals surface area contributed by atoms with E-state index in [0.717, 1.165) is 76.6 Å². The lowest BCUT2D eigenvalue weighted by molar-refractivity contribution is 0.593. The van der Waals surface area contributed by atoms with Crippen molar-refractivity contribution in [2.45, 2.75) is 0 Å². The molecule has 0 bridgehead atoms. The topological polar surface area (TPSA) is 47.8 Å². The zero-order chi connectivity index (χ0) is 35.1. The quantitative estimate of drug-likeness (QED) is 0.172. The van der Waals surface area contributed by atoms with Gasteiger partial charge in [0, 0.05) is 43.2 Å². The van der Waals surface area contributed by atoms with Crippen molar-refractivity contribution >= 4 is 66.5 Å². The number of hydrogen-bond donors (Lipinski definition) is 0. The second-order valence-corrected chi connectivity index (χ2v) is 16.4. The van der Waals surface area contributed by atoms with E-state index in [4.69, 9.17) is 9.97 Å². The highest BCUT2D eigenvalue weighted by Gasteiger charge is 2.42. The summed E-state index contributed by atoms with van der Waals surface area (Å²) in [6, 6.07) is 62.7. The predicted molar refractivity (Wildman–Crippen MR) is 221 cm³/mol. The van der Waals surface area contributed by atoms with Crippen LogP contribution in [0.2, 0.25) is 0 Å². The summed E-state index contributed by atoms with van der Waals surface area (Å²) in [6.07, 6.45) is 0. The summed E-state index contributed by atoms with van der Waals surface area (Å²) in [5.74, 6) is 0.579. The normalized spacial score (nSPS) is 14.9. The Kier molecular flexibility index (Phi) is 6.49. The first kappa shape index (κ1) is 30.1. The van der Waals surface area contributed by atoms with Crippen LogP contribution in [0.15, 0.2) is 182 Å². The number of rotatable bonds is 4. The molecule has 8 aromatic carbocycles. The molecule has 0 radical (unpaired) electrons. The van der Waals surface area contributed by atoms with Gasteiger partial charge < -0.3 is 4.57 Å². The molecule has 2 aromatic heterocycles. The molecule has 53 heavy (non-hydrogen) atoms. The molecule has 1 aliphatic rings. The molecule has 248 valence electrons. The number of para-hydroxylation sites is 2. The highest BCUT2D eigenvalue weighted by atomic mass is 31.2. The van der Waals surface area contributed by atoms with Gasteiger partial charge in [0.2, 0.25) is 5.95 Å². The highest BCUT2D eigenvalue weighted by molar-refractivity contribution is 7.86. The van der Waals surface area contributed by atoms with Crippen LogP contribution >= 0.6 is 7.14 Å². The average Bonchev–Trinajstić information content (AvgIpc) is 3.71. The Morgan fingerprint density at radius 3 is 1.98 bits per heavy atom. The van der Waals surface area contributed by atoms with Crippen LogP contribution < -0.4 is 15.9 Å². The minimum absolute atomic E-state index is 0.579. The van der Waals surface area contributed by atoms with Crippen LogP contribution in [-0.2, 0) is 4.57 Å². The van der Waals surface area contributed by atoms with Crippen LogP contribution in [0.5, 0.6) is 0 Å². The fourth-order valence-electron chi connectivity index (χ4n) is 8.46. The average molecular weight is 696 g/mol. The lowest BCUT2D eigenvalue weighted by Gasteiger charge is -2.16. The largest absolute Gasteiger partial charge is 0.309 e. The number of aromatic nitrogens is 3. The Bertz CT molecular complexity index is 3140. The summed E-state index contributed by atoms with van der Waals surface area (Å²) in [6.45, 7) is 0. The lowest BCUT2D eigenvalue weighted by Crippen LogP contribution is -2.20. The van der Waals surface area contributed by atoms with Crippen molar-refractivity contribution in [3.8, 4) is 39.5 Å². The molecule has 0 amide bonds. The van der Waals surface area contributed by atoms with Gasteiger partial charge in [-0.2, -0.15) is 0 Å². The second kappa shape index (κ2) is 11.4. The molecule has 3 heterocycles. The summed E-state index contributed by atoms with van der Waals surface area (Å²) >= 11 is 0. The van der Waals surface area contributed by atoms with Gasteiger partial charge in [-0.15, -0.1) is 0 Å². The van der Waals surface area contributed by atoms with Crippen LogP contribution in [0, 0.1) is 0 Å². The molecular formula is C48H30N3OP. The van der Waals surface area contributed by atoms with E-state index in [1.807, 2.05) is 60.7 Å². The predicted octanol–water partition coefficient (Wildman–Crippen LogP) is 10.8. The fourth-order valence-corrected chi connectivity index (χ4v) is 11.5. The third-order valence-electron chi connectivity index (χ3n) is 10.8. The molecule has 0 fully saturated rings. The van der Waals surface area contributed by atoms with E-state index in [9.17, 15) is 0 Å². The van der Waals surface area contributed by atoms with Crippen molar-refractivity contribution < 1.29 is 4.57 Å². The summed E-state index contributed by atoms with van der Waals surface area (Å²) < 4.78 is 17.7. The Hall–Kier alpha value is -6.61. The monoisotopic (exact) mass is 695 g/mol. The van der Waals surface area contributed by atoms with Crippen LogP contribution in [-0.4, -0.2) is 14.5 Å². The molecule has 5 heteroatoms. The van der Waals surface area contributed by atoms with Crippen molar-refractivity contribution in [3.63, 3.8) is 0 Å². The molecule has 10 aromatic rings. The van der Waals surface area contributed by atoms with E-state index >= 15 is 4.57 Å². The first-order chi connectivity index (χ1) is 26.2. The van der Waals surface area contributed by atoms with Gasteiger partial charge in [-0.25, -0.2) is 9.97 Å². The van der Waals surface area contributed by atoms with Crippen molar-refractivity contribution in [1.82, 2.24) is 14.5 Å². The second-order valence-electron chi connectivity index (χ2n) is 13.7. The highest BCUT2D eigenvalue weighted by Crippen LogP contribution is 2.54. The van der Waals surface area contributed by atoms with Gasteiger partial charge >= 0.3 is 0 Å². The van der Waals surface area contributed by atoms with Crippen molar-refractivity contribution in [2.75, 3.05) is 0 Å². The minimum Gasteiger partial charge on any atom is -0.309 e. The zero-order valence-corrected chi connectivity index (χ0v) is 29.4. The van der Waals surface area contributed by atoms with E-state index < -0.39 is 7.14 Å². The van der Waals surface area contributed by atoms with Crippen LogP contribution in [0.25, 0.3) is 82.9 Å². The first-order valence-corrected chi connectivity index (χ1v) is 19.6. The van der Waals surface area contributed by atoms with Crippen molar-refractivity contribution in [2.24, 2.45) is 0 Å². The minimum atomic E-state index is -3.16. The summed E-state index contributed by atoms with van der Waals surface area (Å²) in [7, 11) is -3.16. The van der Waals surface area contributed by atoms with E-state index in [0.29, 0.717) is 5.95 Å². The lowest BCUT2D eigenvalue weighted by atomic mass is 9.96. The van der Waals surface area contributed by atoms with Crippen LogP contribution in [0.3, 0.4) is 0 Å². The van der Waals surface area contributed by atoms with Gasteiger partial charge in [0.05, 0.1) is 22.2 Å². The molecule has 0 saturated heterocycles. The Morgan fingerprint density at radius 1 is 0.453 bits per heavy atom. The number of fused-ring (bicyclic) bond motifs is 9. The Balaban J connectivity index is 1.18. The third kappa shape index (κ3) is 4.34. The van der Waals surface area contributed by atoms with E-state index in [1.54, 1.807) is 0 Å². The SMILES string of the molecule is O=P1(c2ccccc2)c2ccccc2-c2c1ccc1c3ccccc3n(-c3nc(-c4ccc(-c5cccc6ccccc56)cc4)c4ccccc4n3)c21. The van der Waals surface area contributed by atoms with E-state index in [2.05, 4.69) is 126 Å². The van der Waals surface area contributed by atoms with E-state index in [1.165, 1.54) is 16.3 Å². The molecule has 11 rings (SSSR count). The smallest absolute Gasteiger partial charge is 0.235 e. The zero-order valence-electron chi connectivity index (χ0n) is 28.5. The molecule has 0 aliphatic carbocycles. The number of nitrogens with zero attached hydrogens (tertiary/aromatic N) is 3. The maximum atomic E-state index is 15.5. The van der Waals surface area contributed by atoms with Gasteiger partial charge in [-0.05, 0) is 45.7 Å². The molecule has 0 saturated carbocycles. The van der Waals surface area contributed by atoms with Gasteiger partial charge in [0.1, 0.15) is 0 Å². The van der Waals surface area contributed by atoms with Crippen molar-refractivity contribution in [3.05, 3.63) is 182 Å². The van der Waals surface area contributed by atoms with Gasteiger partial charge in [0.25, 0.3) is 0 Å². The van der Waals surface area contributed by atoms with Crippen LogP contribution in [0.4, 0.5) is 0 Å². The van der Waals surface area contributed by atoms with Crippen molar-refractivity contribution in [1.29, 1.82) is 0 Å². The van der Waals surface area contributed by atoms with E-state index in [-0.39, 0.29) is 0 Å². The third-order valence-corrected chi connectivity index (χ3v) is 14.0. The summed E-state index contributed by atoms with van der Waals surface area (Å²) in [4.78, 5) is 10.7. The fraction of sp³-hybridized carbons (Fsp3) is 0. The molecule has 0 spiro atoms. The summed E-state index contributed by atoms with van der Waals surface area (Å²) in [5, 5.41) is 8.18. The number of benzene rings is 8. The molecule has 4 nitrogen and oxygen atoms in total. The maximum Gasteiger partial charge on any atom is 0.235 e. The Morgan fingerprint density at radius 2 is 1.11 bits per heavy atom. The van der Waals surface area contributed by atoms with Gasteiger partial charge in [-0.1, -0.05) is 164 Å². The summed E-state index contributed by atoms with van der Waals surface area (Å²) in [5.41, 5.74) is 9.05. The molecule has 0 N–H and O–H groups in total. The van der Waals surface area contributed by atoms with Crippen LogP contribution in [0.1, 0.15) is 0 Å². The molecule has 1 aliphatic heterocycles. The first-order valence-electron chi connectivity index (χ1n) is 17.9. The molecule has 1 unspecified atom stereocenters. The standard InChI is InChI=1S/C48H30N3OP/c52-53(34-15-2-1-3-16-34)43-24-11-8-20-40(43)45-44(53)30-29-38-37-18-7-10-23-42(37)51(47(38)45)48-49-41-22-9-6-19-39(41)46(50-48)33-27-25-32(26-28-33)36-21-12-14-31-13-4-5-17-35(31)36/h1-30H. The molecular weight excluding hydrogens is 666 g/mol. The molecule has 1 atom stereocenters. The maximum absolute atomic E-state index is 15.5.